The molecule has 3 nitrogen and oxygen atoms in total. The van der Waals surface area contributed by atoms with Crippen LogP contribution in [0.15, 0.2) is 0 Å². The van der Waals surface area contributed by atoms with Gasteiger partial charge in [0.1, 0.15) is 0 Å². The molecule has 3 heteroatoms. The standard InChI is InChI=1S/C17H29NO2/c19-17(20)5-1-2-8-18-9-3-4-16(18)12-15-11-13-6-7-14(15)10-13/h13-16H,1-12H2,(H,19,20). The molecule has 1 saturated heterocycles. The van der Waals surface area contributed by atoms with E-state index in [0.29, 0.717) is 6.42 Å². The summed E-state index contributed by atoms with van der Waals surface area (Å²) in [4.78, 5) is 13.2. The van der Waals surface area contributed by atoms with Crippen LogP contribution in [0.2, 0.25) is 0 Å². The first-order chi connectivity index (χ1) is 9.72. The van der Waals surface area contributed by atoms with Crippen molar-refractivity contribution in [3.8, 4) is 0 Å². The average Bonchev–Trinajstić information content (AvgIpc) is 3.11. The number of carboxylic acids is 1. The van der Waals surface area contributed by atoms with Crippen molar-refractivity contribution < 1.29 is 9.90 Å². The smallest absolute Gasteiger partial charge is 0.303 e. The molecular formula is C17H29NO2. The van der Waals surface area contributed by atoms with Gasteiger partial charge in [-0.15, -0.1) is 0 Å². The molecule has 1 heterocycles. The molecule has 0 aromatic carbocycles. The molecule has 0 aromatic heterocycles. The van der Waals surface area contributed by atoms with Crippen molar-refractivity contribution >= 4 is 5.97 Å². The van der Waals surface area contributed by atoms with Gasteiger partial charge in [-0.25, -0.2) is 0 Å². The molecule has 1 aliphatic heterocycles. The Morgan fingerprint density at radius 3 is 2.75 bits per heavy atom. The van der Waals surface area contributed by atoms with Crippen molar-refractivity contribution in [3.63, 3.8) is 0 Å². The zero-order valence-electron chi connectivity index (χ0n) is 12.6. The predicted molar refractivity (Wildman–Crippen MR) is 79.6 cm³/mol. The Morgan fingerprint density at radius 1 is 1.15 bits per heavy atom. The summed E-state index contributed by atoms with van der Waals surface area (Å²) in [6.45, 7) is 2.37. The highest BCUT2D eigenvalue weighted by Gasteiger charge is 2.41. The number of carbonyl (C=O) groups is 1. The summed E-state index contributed by atoms with van der Waals surface area (Å²) >= 11 is 0. The fourth-order valence-electron chi connectivity index (χ4n) is 5.06. The molecule has 3 fully saturated rings. The van der Waals surface area contributed by atoms with Crippen molar-refractivity contribution in [1.29, 1.82) is 0 Å². The third-order valence-corrected chi connectivity index (χ3v) is 6.04. The molecule has 0 amide bonds. The second kappa shape index (κ2) is 6.46. The van der Waals surface area contributed by atoms with Crippen molar-refractivity contribution in [2.45, 2.75) is 70.3 Å². The summed E-state index contributed by atoms with van der Waals surface area (Å²) < 4.78 is 0. The second-order valence-corrected chi connectivity index (χ2v) is 7.35. The molecular weight excluding hydrogens is 250 g/mol. The Balaban J connectivity index is 1.40. The highest BCUT2D eigenvalue weighted by atomic mass is 16.4. The van der Waals surface area contributed by atoms with Gasteiger partial charge in [-0.3, -0.25) is 4.79 Å². The third-order valence-electron chi connectivity index (χ3n) is 6.04. The van der Waals surface area contributed by atoms with Crippen LogP contribution in [0, 0.1) is 17.8 Å². The van der Waals surface area contributed by atoms with Crippen molar-refractivity contribution in [2.24, 2.45) is 17.8 Å². The second-order valence-electron chi connectivity index (χ2n) is 7.35. The zero-order chi connectivity index (χ0) is 13.9. The van der Waals surface area contributed by atoms with E-state index >= 15 is 0 Å². The Hall–Kier alpha value is -0.570. The lowest BCUT2D eigenvalue weighted by atomic mass is 9.83. The van der Waals surface area contributed by atoms with Crippen LogP contribution in [-0.2, 0) is 4.79 Å². The molecule has 4 unspecified atom stereocenters. The predicted octanol–water partition coefficient (Wildman–Crippen LogP) is 3.53. The van der Waals surface area contributed by atoms with Gasteiger partial charge in [0.2, 0.25) is 0 Å². The number of aliphatic carboxylic acids is 1. The first-order valence-corrected chi connectivity index (χ1v) is 8.68. The number of fused-ring (bicyclic) bond motifs is 2. The fourth-order valence-corrected chi connectivity index (χ4v) is 5.06. The molecule has 2 bridgehead atoms. The molecule has 114 valence electrons. The number of nitrogens with zero attached hydrogens (tertiary/aromatic N) is 1. The van der Waals surface area contributed by atoms with E-state index in [1.54, 1.807) is 0 Å². The summed E-state index contributed by atoms with van der Waals surface area (Å²) in [5, 5.41) is 8.69. The highest BCUT2D eigenvalue weighted by molar-refractivity contribution is 5.66. The first-order valence-electron chi connectivity index (χ1n) is 8.68. The SMILES string of the molecule is O=C(O)CCCCN1CCCC1CC1CC2CCC1C2. The van der Waals surface area contributed by atoms with Gasteiger partial charge >= 0.3 is 5.97 Å². The van der Waals surface area contributed by atoms with Gasteiger partial charge in [0, 0.05) is 12.5 Å². The lowest BCUT2D eigenvalue weighted by Gasteiger charge is -2.30. The van der Waals surface area contributed by atoms with Gasteiger partial charge in [-0.05, 0) is 82.2 Å². The normalized spacial score (nSPS) is 36.8. The van der Waals surface area contributed by atoms with Gasteiger partial charge in [0.05, 0.1) is 0 Å². The summed E-state index contributed by atoms with van der Waals surface area (Å²) in [5.41, 5.74) is 0. The minimum Gasteiger partial charge on any atom is -0.481 e. The van der Waals surface area contributed by atoms with Crippen molar-refractivity contribution in [3.05, 3.63) is 0 Å². The van der Waals surface area contributed by atoms with E-state index in [9.17, 15) is 4.79 Å². The summed E-state index contributed by atoms with van der Waals surface area (Å²) in [7, 11) is 0. The highest BCUT2D eigenvalue weighted by Crippen LogP contribution is 2.50. The van der Waals surface area contributed by atoms with Crippen LogP contribution in [-0.4, -0.2) is 35.1 Å². The monoisotopic (exact) mass is 279 g/mol. The van der Waals surface area contributed by atoms with Gasteiger partial charge in [0.25, 0.3) is 0 Å². The van der Waals surface area contributed by atoms with Gasteiger partial charge in [0.15, 0.2) is 0 Å². The molecule has 0 radical (unpaired) electrons. The molecule has 3 rings (SSSR count). The Morgan fingerprint density at radius 2 is 2.05 bits per heavy atom. The topological polar surface area (TPSA) is 40.5 Å². The lowest BCUT2D eigenvalue weighted by molar-refractivity contribution is -0.137. The summed E-state index contributed by atoms with van der Waals surface area (Å²) in [5.74, 6) is 2.48. The number of hydrogen-bond acceptors (Lipinski definition) is 2. The van der Waals surface area contributed by atoms with Gasteiger partial charge in [-0.2, -0.15) is 0 Å². The average molecular weight is 279 g/mol. The van der Waals surface area contributed by atoms with Crippen LogP contribution in [0.3, 0.4) is 0 Å². The van der Waals surface area contributed by atoms with Crippen LogP contribution in [0.25, 0.3) is 0 Å². The van der Waals surface area contributed by atoms with E-state index in [1.165, 1.54) is 51.5 Å². The molecule has 0 aromatic rings. The number of rotatable bonds is 7. The zero-order valence-corrected chi connectivity index (χ0v) is 12.6. The van der Waals surface area contributed by atoms with E-state index in [-0.39, 0.29) is 0 Å². The van der Waals surface area contributed by atoms with Gasteiger partial charge < -0.3 is 10.0 Å². The molecule has 2 aliphatic carbocycles. The molecule has 2 saturated carbocycles. The Bertz CT molecular complexity index is 344. The van der Waals surface area contributed by atoms with Crippen molar-refractivity contribution in [1.82, 2.24) is 4.90 Å². The van der Waals surface area contributed by atoms with E-state index in [2.05, 4.69) is 4.90 Å². The van der Waals surface area contributed by atoms with E-state index < -0.39 is 5.97 Å². The van der Waals surface area contributed by atoms with E-state index in [0.717, 1.165) is 43.2 Å². The maximum absolute atomic E-state index is 10.5. The third kappa shape index (κ3) is 3.36. The van der Waals surface area contributed by atoms with Gasteiger partial charge in [-0.1, -0.05) is 6.42 Å². The van der Waals surface area contributed by atoms with E-state index in [1.807, 2.05) is 0 Å². The number of hydrogen-bond donors (Lipinski definition) is 1. The largest absolute Gasteiger partial charge is 0.481 e. The lowest BCUT2D eigenvalue weighted by Crippen LogP contribution is -2.33. The van der Waals surface area contributed by atoms with Crippen molar-refractivity contribution in [2.75, 3.05) is 13.1 Å². The molecule has 1 N–H and O–H groups in total. The van der Waals surface area contributed by atoms with Crippen LogP contribution in [0.5, 0.6) is 0 Å². The van der Waals surface area contributed by atoms with Crippen LogP contribution >= 0.6 is 0 Å². The number of carboxylic acid groups (broad SMARTS) is 1. The van der Waals surface area contributed by atoms with Crippen LogP contribution in [0.1, 0.15) is 64.2 Å². The first kappa shape index (κ1) is 14.4. The quantitative estimate of drug-likeness (QED) is 0.725. The Labute approximate surface area is 122 Å². The van der Waals surface area contributed by atoms with Crippen LogP contribution < -0.4 is 0 Å². The fraction of sp³-hybridized carbons (Fsp3) is 0.941. The molecule has 0 spiro atoms. The summed E-state index contributed by atoms with van der Waals surface area (Å²) in [6.07, 6.45) is 12.4. The number of likely N-dealkylation sites (tertiary alicyclic amines) is 1. The Kier molecular flexibility index (Phi) is 4.65. The summed E-state index contributed by atoms with van der Waals surface area (Å²) in [6, 6.07) is 0.809. The molecule has 4 atom stereocenters. The number of unbranched alkanes of at least 4 members (excludes halogenated alkanes) is 1. The minimum absolute atomic E-state index is 0.338. The molecule has 3 aliphatic rings. The van der Waals surface area contributed by atoms with E-state index in [4.69, 9.17) is 5.11 Å². The van der Waals surface area contributed by atoms with Crippen LogP contribution in [0.4, 0.5) is 0 Å². The maximum Gasteiger partial charge on any atom is 0.303 e. The molecule has 20 heavy (non-hydrogen) atoms. The maximum atomic E-state index is 10.5. The minimum atomic E-state index is -0.648.